The topological polar surface area (TPSA) is 89.4 Å². The number of hydrogen-bond donors (Lipinski definition) is 2. The molecule has 1 aromatic heterocycles. The normalized spacial score (nSPS) is 14.2. The maximum atomic E-state index is 10.4. The van der Waals surface area contributed by atoms with Crippen LogP contribution >= 0.6 is 34.4 Å². The summed E-state index contributed by atoms with van der Waals surface area (Å²) in [4.78, 5) is 4.71. The molecule has 0 bridgehead atoms. The molecule has 1 unspecified atom stereocenters. The van der Waals surface area contributed by atoms with Gasteiger partial charge in [0, 0.05) is 22.6 Å². The number of phenols is 1. The van der Waals surface area contributed by atoms with Crippen molar-refractivity contribution in [3.63, 3.8) is 0 Å². The summed E-state index contributed by atoms with van der Waals surface area (Å²) >= 11 is 3.59. The Morgan fingerprint density at radius 1 is 1.09 bits per heavy atom. The third kappa shape index (κ3) is 4.76. The monoisotopic (exact) mass is 584 g/mol. The molecule has 1 atom stereocenters. The highest BCUT2D eigenvalue weighted by Gasteiger charge is 2.27. The molecule has 2 N–H and O–H groups in total. The fourth-order valence-corrected chi connectivity index (χ4v) is 4.95. The molecule has 34 heavy (non-hydrogen) atoms. The number of para-hydroxylation sites is 1. The van der Waals surface area contributed by atoms with Gasteiger partial charge in [-0.05, 0) is 53.3 Å². The Hall–Kier alpha value is -3.05. The number of nitrogens with one attached hydrogen (secondary N) is 1. The predicted octanol–water partition coefficient (Wildman–Crippen LogP) is 6.04. The van der Waals surface area contributed by atoms with Gasteiger partial charge in [-0.2, -0.15) is 4.98 Å². The van der Waals surface area contributed by atoms with Crippen LogP contribution in [0.25, 0.3) is 11.3 Å². The Balaban J connectivity index is 1.52. The number of benzene rings is 3. The number of fused-ring (bicyclic) bond motifs is 3. The molecule has 0 spiro atoms. The van der Waals surface area contributed by atoms with Crippen LogP contribution in [0.4, 0.5) is 5.69 Å². The van der Waals surface area contributed by atoms with Gasteiger partial charge in [-0.1, -0.05) is 60.3 Å². The minimum atomic E-state index is -0.570. The van der Waals surface area contributed by atoms with Gasteiger partial charge in [-0.25, -0.2) is 0 Å². The number of rotatable bonds is 6. The summed E-state index contributed by atoms with van der Waals surface area (Å²) < 4.78 is 12.7. The average Bonchev–Trinajstić information content (AvgIpc) is 3.03. The number of thioether (sulfide) groups is 1. The summed E-state index contributed by atoms with van der Waals surface area (Å²) in [6.45, 7) is 2.32. The van der Waals surface area contributed by atoms with Gasteiger partial charge in [0.25, 0.3) is 0 Å². The minimum Gasteiger partial charge on any atom is -0.504 e. The first-order valence-corrected chi connectivity index (χ1v) is 12.8. The number of ether oxygens (including phenoxy) is 2. The van der Waals surface area contributed by atoms with Crippen LogP contribution < -0.4 is 14.8 Å². The van der Waals surface area contributed by atoms with Crippen molar-refractivity contribution in [3.05, 3.63) is 81.4 Å². The van der Waals surface area contributed by atoms with E-state index in [4.69, 9.17) is 14.5 Å². The molecule has 0 saturated heterocycles. The highest BCUT2D eigenvalue weighted by Crippen LogP contribution is 2.42. The van der Waals surface area contributed by atoms with E-state index >= 15 is 0 Å². The van der Waals surface area contributed by atoms with E-state index in [2.05, 4.69) is 50.2 Å². The lowest BCUT2D eigenvalue weighted by molar-refractivity contribution is 0.224. The van der Waals surface area contributed by atoms with Gasteiger partial charge >= 0.3 is 0 Å². The van der Waals surface area contributed by atoms with Crippen LogP contribution in [0.3, 0.4) is 0 Å². The molecule has 1 aliphatic heterocycles. The third-order valence-electron chi connectivity index (χ3n) is 5.20. The van der Waals surface area contributed by atoms with E-state index in [1.807, 2.05) is 55.5 Å². The molecule has 5 rings (SSSR count). The van der Waals surface area contributed by atoms with Gasteiger partial charge in [-0.15, -0.1) is 10.2 Å². The number of anilines is 1. The van der Waals surface area contributed by atoms with E-state index in [9.17, 15) is 5.11 Å². The number of aromatic hydroxyl groups is 1. The number of aromatic nitrogens is 3. The van der Waals surface area contributed by atoms with Crippen LogP contribution in [0, 0.1) is 3.57 Å². The lowest BCUT2D eigenvalue weighted by atomic mass is 10.1. The van der Waals surface area contributed by atoms with Crippen molar-refractivity contribution in [2.75, 3.05) is 11.9 Å². The van der Waals surface area contributed by atoms with Crippen LogP contribution in [-0.2, 0) is 5.75 Å². The fraction of sp³-hybridized carbons (Fsp3) is 0.160. The van der Waals surface area contributed by atoms with E-state index in [0.29, 0.717) is 32.7 Å². The van der Waals surface area contributed by atoms with Gasteiger partial charge in [0.1, 0.15) is 0 Å². The van der Waals surface area contributed by atoms with E-state index in [1.54, 1.807) is 6.07 Å². The molecule has 1 aliphatic rings. The number of hydrogen-bond acceptors (Lipinski definition) is 8. The number of nitrogens with zero attached hydrogens (tertiary/aromatic N) is 3. The zero-order valence-corrected chi connectivity index (χ0v) is 21.2. The average molecular weight is 584 g/mol. The molecule has 172 valence electrons. The zero-order chi connectivity index (χ0) is 23.5. The molecule has 7 nitrogen and oxygen atoms in total. The summed E-state index contributed by atoms with van der Waals surface area (Å²) in [6, 6.07) is 21.6. The van der Waals surface area contributed by atoms with Crippen molar-refractivity contribution < 1.29 is 14.6 Å². The Bertz CT molecular complexity index is 1320. The maximum Gasteiger partial charge on any atom is 0.247 e. The van der Waals surface area contributed by atoms with Gasteiger partial charge in [0.2, 0.25) is 11.0 Å². The molecule has 2 heterocycles. The summed E-state index contributed by atoms with van der Waals surface area (Å²) in [5, 5.41) is 23.2. The Morgan fingerprint density at radius 2 is 1.88 bits per heavy atom. The second-order valence-corrected chi connectivity index (χ2v) is 9.60. The van der Waals surface area contributed by atoms with E-state index in [-0.39, 0.29) is 5.75 Å². The second kappa shape index (κ2) is 10.1. The minimum absolute atomic E-state index is 0.115. The third-order valence-corrected chi connectivity index (χ3v) is 6.93. The summed E-state index contributed by atoms with van der Waals surface area (Å²) in [5.41, 5.74) is 4.27. The molecular formula is C25H21IN4O3S. The first kappa shape index (κ1) is 22.7. The van der Waals surface area contributed by atoms with E-state index in [0.717, 1.165) is 22.6 Å². The summed E-state index contributed by atoms with van der Waals surface area (Å²) in [6.07, 6.45) is -0.570. The summed E-state index contributed by atoms with van der Waals surface area (Å²) in [5.74, 6) is 1.65. The molecule has 0 fully saturated rings. The first-order chi connectivity index (χ1) is 16.6. The molecule has 4 aromatic rings. The van der Waals surface area contributed by atoms with Gasteiger partial charge in [0.15, 0.2) is 23.4 Å². The molecule has 0 amide bonds. The van der Waals surface area contributed by atoms with Crippen LogP contribution in [-0.4, -0.2) is 26.9 Å². The Morgan fingerprint density at radius 3 is 2.71 bits per heavy atom. The van der Waals surface area contributed by atoms with E-state index < -0.39 is 6.23 Å². The van der Waals surface area contributed by atoms with Gasteiger partial charge < -0.3 is 19.9 Å². The molecular weight excluding hydrogens is 563 g/mol. The van der Waals surface area contributed by atoms with Crippen molar-refractivity contribution in [3.8, 4) is 28.6 Å². The Kier molecular flexibility index (Phi) is 6.73. The standard InChI is InChI=1S/C25H21IN4O3S/c1-2-32-20-13-16(12-18(26)22(20)31)23-27-19-11-7-6-10-17(19)21-24(33-23)28-25(30-29-21)34-14-15-8-4-3-5-9-15/h3-13,23,27,31H,2,14H2,1H3. The molecule has 9 heteroatoms. The fourth-order valence-electron chi connectivity index (χ4n) is 3.59. The maximum absolute atomic E-state index is 10.4. The highest BCUT2D eigenvalue weighted by molar-refractivity contribution is 14.1. The molecule has 0 saturated carbocycles. The van der Waals surface area contributed by atoms with Crippen molar-refractivity contribution in [2.24, 2.45) is 0 Å². The van der Waals surface area contributed by atoms with Crippen LogP contribution in [0.15, 0.2) is 71.9 Å². The van der Waals surface area contributed by atoms with Gasteiger partial charge in [0.05, 0.1) is 10.2 Å². The van der Waals surface area contributed by atoms with Crippen LogP contribution in [0.1, 0.15) is 24.3 Å². The lowest BCUT2D eigenvalue weighted by Crippen LogP contribution is -2.17. The van der Waals surface area contributed by atoms with Crippen molar-refractivity contribution >= 4 is 40.0 Å². The Labute approximate surface area is 215 Å². The largest absolute Gasteiger partial charge is 0.504 e. The van der Waals surface area contributed by atoms with Crippen LogP contribution in [0.2, 0.25) is 0 Å². The van der Waals surface area contributed by atoms with Gasteiger partial charge in [-0.3, -0.25) is 0 Å². The molecule has 3 aromatic carbocycles. The van der Waals surface area contributed by atoms with Crippen molar-refractivity contribution in [1.29, 1.82) is 0 Å². The molecule has 0 radical (unpaired) electrons. The highest BCUT2D eigenvalue weighted by atomic mass is 127. The number of halogens is 1. The quantitative estimate of drug-likeness (QED) is 0.210. The lowest BCUT2D eigenvalue weighted by Gasteiger charge is -2.21. The molecule has 0 aliphatic carbocycles. The zero-order valence-electron chi connectivity index (χ0n) is 18.2. The smallest absolute Gasteiger partial charge is 0.247 e. The van der Waals surface area contributed by atoms with Crippen molar-refractivity contribution in [2.45, 2.75) is 24.1 Å². The summed E-state index contributed by atoms with van der Waals surface area (Å²) in [7, 11) is 0. The SMILES string of the molecule is CCOc1cc(C2Nc3ccccc3-c3nnc(SCc4ccccc4)nc3O2)cc(I)c1O. The first-order valence-electron chi connectivity index (χ1n) is 10.7. The second-order valence-electron chi connectivity index (χ2n) is 7.49. The van der Waals surface area contributed by atoms with Crippen LogP contribution in [0.5, 0.6) is 17.4 Å². The predicted molar refractivity (Wildman–Crippen MR) is 140 cm³/mol. The van der Waals surface area contributed by atoms with Crippen molar-refractivity contribution in [1.82, 2.24) is 15.2 Å². The van der Waals surface area contributed by atoms with E-state index in [1.165, 1.54) is 17.3 Å². The number of phenolic OH excluding ortho intramolecular Hbond substituents is 1.